The summed E-state index contributed by atoms with van der Waals surface area (Å²) in [5.74, 6) is 0. The van der Waals surface area contributed by atoms with E-state index in [-0.39, 0.29) is 10.6 Å². The van der Waals surface area contributed by atoms with Crippen molar-refractivity contribution in [3.63, 3.8) is 0 Å². The van der Waals surface area contributed by atoms with E-state index < -0.39 is 0 Å². The van der Waals surface area contributed by atoms with E-state index in [2.05, 4.69) is 37.2 Å². The van der Waals surface area contributed by atoms with E-state index in [0.29, 0.717) is 11.0 Å². The third kappa shape index (κ3) is 3.83. The van der Waals surface area contributed by atoms with Crippen LogP contribution < -0.4 is 5.32 Å². The Balaban J connectivity index is 2.17. The third-order valence-electron chi connectivity index (χ3n) is 3.14. The highest BCUT2D eigenvalue weighted by atomic mass is 79.9. The number of nitro groups is 1. The molecule has 4 nitrogen and oxygen atoms in total. The van der Waals surface area contributed by atoms with Crippen molar-refractivity contribution in [3.05, 3.63) is 66.1 Å². The molecule has 0 fully saturated rings. The first-order valence-corrected chi connectivity index (χ1v) is 7.90. The summed E-state index contributed by atoms with van der Waals surface area (Å²) in [5.41, 5.74) is 4.25. The molecular formula is C15H14Br2N2O2. The van der Waals surface area contributed by atoms with Crippen LogP contribution >= 0.6 is 31.9 Å². The summed E-state index contributed by atoms with van der Waals surface area (Å²) in [5, 5.41) is 14.2. The van der Waals surface area contributed by atoms with Crippen LogP contribution in [0.1, 0.15) is 16.7 Å². The number of rotatable bonds is 4. The second-order valence-corrected chi connectivity index (χ2v) is 6.47. The molecule has 0 unspecified atom stereocenters. The van der Waals surface area contributed by atoms with Crippen molar-refractivity contribution >= 4 is 43.2 Å². The van der Waals surface area contributed by atoms with Gasteiger partial charge in [-0.1, -0.05) is 22.0 Å². The van der Waals surface area contributed by atoms with Crippen LogP contribution in [0.5, 0.6) is 0 Å². The Kier molecular flexibility index (Phi) is 5.00. The summed E-state index contributed by atoms with van der Waals surface area (Å²) in [6.07, 6.45) is 0. The SMILES string of the molecule is Cc1cc(NCc2ccc(Br)c([N+](=O)[O-])c2)cc(C)c1Br. The molecule has 0 radical (unpaired) electrons. The maximum absolute atomic E-state index is 10.9. The molecule has 2 rings (SSSR count). The molecule has 0 saturated carbocycles. The monoisotopic (exact) mass is 412 g/mol. The van der Waals surface area contributed by atoms with Crippen LogP contribution in [0.15, 0.2) is 39.3 Å². The van der Waals surface area contributed by atoms with Crippen LogP contribution in [0.25, 0.3) is 0 Å². The van der Waals surface area contributed by atoms with Crippen LogP contribution in [-0.2, 0) is 6.54 Å². The zero-order valence-corrected chi connectivity index (χ0v) is 14.8. The molecule has 110 valence electrons. The fourth-order valence-electron chi connectivity index (χ4n) is 2.06. The Morgan fingerprint density at radius 3 is 2.33 bits per heavy atom. The van der Waals surface area contributed by atoms with Gasteiger partial charge in [-0.3, -0.25) is 10.1 Å². The van der Waals surface area contributed by atoms with Crippen molar-refractivity contribution in [2.75, 3.05) is 5.32 Å². The minimum Gasteiger partial charge on any atom is -0.381 e. The van der Waals surface area contributed by atoms with Gasteiger partial charge in [0, 0.05) is 22.8 Å². The second kappa shape index (κ2) is 6.58. The molecular weight excluding hydrogens is 400 g/mol. The van der Waals surface area contributed by atoms with Gasteiger partial charge in [0.25, 0.3) is 5.69 Å². The van der Waals surface area contributed by atoms with E-state index in [1.165, 1.54) is 0 Å². The fraction of sp³-hybridized carbons (Fsp3) is 0.200. The lowest BCUT2D eigenvalue weighted by Gasteiger charge is -2.11. The summed E-state index contributed by atoms with van der Waals surface area (Å²) >= 11 is 6.72. The minimum atomic E-state index is -0.387. The number of halogens is 2. The number of hydrogen-bond acceptors (Lipinski definition) is 3. The molecule has 0 atom stereocenters. The normalized spacial score (nSPS) is 10.5. The Labute approximate surface area is 140 Å². The predicted molar refractivity (Wildman–Crippen MR) is 91.7 cm³/mol. The van der Waals surface area contributed by atoms with Gasteiger partial charge in [0.15, 0.2) is 0 Å². The topological polar surface area (TPSA) is 55.2 Å². The van der Waals surface area contributed by atoms with Crippen LogP contribution in [0, 0.1) is 24.0 Å². The van der Waals surface area contributed by atoms with E-state index in [0.717, 1.165) is 26.9 Å². The number of nitrogens with zero attached hydrogens (tertiary/aromatic N) is 1. The van der Waals surface area contributed by atoms with Gasteiger partial charge in [-0.2, -0.15) is 0 Å². The number of nitrogens with one attached hydrogen (secondary N) is 1. The summed E-state index contributed by atoms with van der Waals surface area (Å²) in [4.78, 5) is 10.5. The maximum Gasteiger partial charge on any atom is 0.283 e. The van der Waals surface area contributed by atoms with Gasteiger partial charge in [0.1, 0.15) is 0 Å². The lowest BCUT2D eigenvalue weighted by Crippen LogP contribution is -2.01. The zero-order valence-electron chi connectivity index (χ0n) is 11.6. The molecule has 0 spiro atoms. The molecule has 0 aromatic heterocycles. The first kappa shape index (κ1) is 16.0. The van der Waals surface area contributed by atoms with Crippen molar-refractivity contribution in [1.82, 2.24) is 0 Å². The fourth-order valence-corrected chi connectivity index (χ4v) is 2.68. The molecule has 0 saturated heterocycles. The highest BCUT2D eigenvalue weighted by Gasteiger charge is 2.12. The Morgan fingerprint density at radius 1 is 1.14 bits per heavy atom. The van der Waals surface area contributed by atoms with Gasteiger partial charge in [0.2, 0.25) is 0 Å². The quantitative estimate of drug-likeness (QED) is 0.542. The molecule has 0 heterocycles. The predicted octanol–water partition coefficient (Wildman–Crippen LogP) is 5.35. The zero-order chi connectivity index (χ0) is 15.6. The summed E-state index contributed by atoms with van der Waals surface area (Å²) in [7, 11) is 0. The summed E-state index contributed by atoms with van der Waals surface area (Å²) in [6.45, 7) is 4.61. The molecule has 21 heavy (non-hydrogen) atoms. The van der Waals surface area contributed by atoms with Crippen molar-refractivity contribution in [2.24, 2.45) is 0 Å². The van der Waals surface area contributed by atoms with Gasteiger partial charge in [-0.25, -0.2) is 0 Å². The molecule has 0 bridgehead atoms. The van der Waals surface area contributed by atoms with Crippen LogP contribution in [0.2, 0.25) is 0 Å². The van der Waals surface area contributed by atoms with Crippen molar-refractivity contribution < 1.29 is 4.92 Å². The highest BCUT2D eigenvalue weighted by Crippen LogP contribution is 2.27. The summed E-state index contributed by atoms with van der Waals surface area (Å²) < 4.78 is 1.60. The third-order valence-corrected chi connectivity index (χ3v) is 5.06. The Bertz CT molecular complexity index is 679. The smallest absolute Gasteiger partial charge is 0.283 e. The van der Waals surface area contributed by atoms with Gasteiger partial charge in [-0.15, -0.1) is 0 Å². The lowest BCUT2D eigenvalue weighted by molar-refractivity contribution is -0.385. The Morgan fingerprint density at radius 2 is 1.76 bits per heavy atom. The molecule has 6 heteroatoms. The van der Waals surface area contributed by atoms with Gasteiger partial charge in [-0.05, 0) is 64.7 Å². The molecule has 1 N–H and O–H groups in total. The number of hydrogen-bond donors (Lipinski definition) is 1. The molecule has 2 aromatic rings. The van der Waals surface area contributed by atoms with Crippen molar-refractivity contribution in [3.8, 4) is 0 Å². The molecule has 0 aliphatic heterocycles. The minimum absolute atomic E-state index is 0.0810. The number of nitro benzene ring substituents is 1. The first-order chi connectivity index (χ1) is 9.88. The van der Waals surface area contributed by atoms with Crippen molar-refractivity contribution in [1.29, 1.82) is 0 Å². The van der Waals surface area contributed by atoms with Crippen LogP contribution in [0.3, 0.4) is 0 Å². The van der Waals surface area contributed by atoms with Gasteiger partial charge in [0.05, 0.1) is 9.40 Å². The summed E-state index contributed by atoms with van der Waals surface area (Å²) in [6, 6.07) is 9.24. The van der Waals surface area contributed by atoms with E-state index >= 15 is 0 Å². The van der Waals surface area contributed by atoms with E-state index in [9.17, 15) is 10.1 Å². The number of aryl methyl sites for hydroxylation is 2. The van der Waals surface area contributed by atoms with E-state index in [4.69, 9.17) is 0 Å². The highest BCUT2D eigenvalue weighted by molar-refractivity contribution is 9.11. The van der Waals surface area contributed by atoms with Crippen LogP contribution in [0.4, 0.5) is 11.4 Å². The average molecular weight is 414 g/mol. The molecule has 0 aliphatic rings. The van der Waals surface area contributed by atoms with Crippen LogP contribution in [-0.4, -0.2) is 4.92 Å². The number of benzene rings is 2. The van der Waals surface area contributed by atoms with E-state index in [1.54, 1.807) is 12.1 Å². The molecule has 0 aliphatic carbocycles. The standard InChI is InChI=1S/C15H14Br2N2O2/c1-9-5-12(6-10(2)15(9)17)18-8-11-3-4-13(16)14(7-11)19(20)21/h3-7,18H,8H2,1-2H3. The van der Waals surface area contributed by atoms with Gasteiger partial charge < -0.3 is 5.32 Å². The van der Waals surface area contributed by atoms with Gasteiger partial charge >= 0.3 is 0 Å². The molecule has 0 amide bonds. The van der Waals surface area contributed by atoms with E-state index in [1.807, 2.05) is 32.0 Å². The lowest BCUT2D eigenvalue weighted by atomic mass is 10.1. The first-order valence-electron chi connectivity index (χ1n) is 6.32. The molecule has 2 aromatic carbocycles. The maximum atomic E-state index is 10.9. The van der Waals surface area contributed by atoms with Crippen molar-refractivity contribution in [2.45, 2.75) is 20.4 Å². The largest absolute Gasteiger partial charge is 0.381 e. The second-order valence-electron chi connectivity index (χ2n) is 4.82. The number of anilines is 1. The average Bonchev–Trinajstić information content (AvgIpc) is 2.43. The Hall–Kier alpha value is -1.40.